The molecule has 1 aliphatic heterocycles. The van der Waals surface area contributed by atoms with E-state index in [0.717, 1.165) is 64.2 Å². The summed E-state index contributed by atoms with van der Waals surface area (Å²) in [4.78, 5) is 13.0. The molecule has 1 saturated heterocycles. The van der Waals surface area contributed by atoms with E-state index in [1.165, 1.54) is 109 Å². The van der Waals surface area contributed by atoms with Crippen LogP contribution in [-0.4, -0.2) is 87.5 Å². The van der Waals surface area contributed by atoms with E-state index in [1.54, 1.807) is 6.08 Å². The highest BCUT2D eigenvalue weighted by Gasteiger charge is 2.44. The normalized spacial score (nSPS) is 21.2. The van der Waals surface area contributed by atoms with Crippen molar-refractivity contribution in [3.05, 3.63) is 60.8 Å². The van der Waals surface area contributed by atoms with Gasteiger partial charge in [0.25, 0.3) is 0 Å². The van der Waals surface area contributed by atoms with Crippen LogP contribution in [0.1, 0.15) is 194 Å². The zero-order valence-electron chi connectivity index (χ0n) is 37.5. The molecular weight excluding hydrogens is 743 g/mol. The summed E-state index contributed by atoms with van der Waals surface area (Å²) in [7, 11) is 0. The van der Waals surface area contributed by atoms with Crippen LogP contribution in [0.15, 0.2) is 60.8 Å². The number of carbonyl (C=O) groups is 1. The number of hydrogen-bond acceptors (Lipinski definition) is 8. The predicted octanol–water partition coefficient (Wildman–Crippen LogP) is 10.4. The molecule has 0 saturated carbocycles. The minimum Gasteiger partial charge on any atom is -0.394 e. The molecule has 9 nitrogen and oxygen atoms in total. The number of allylic oxidation sites excluding steroid dienone is 9. The van der Waals surface area contributed by atoms with Crippen LogP contribution in [0.3, 0.4) is 0 Å². The molecule has 0 spiro atoms. The molecule has 0 radical (unpaired) electrons. The SMILES string of the molecule is CCCCC/C=C\C/C=C\C/C=C\CCCCCCCCC(=O)NC(COC1OC(CO)C(O)C(O)C1O)C(O)/C=C/CC/C=C/CCCCCCCCCCCCC. The Hall–Kier alpha value is -2.11. The number of aliphatic hydroxyl groups is 5. The van der Waals surface area contributed by atoms with Gasteiger partial charge in [-0.1, -0.05) is 177 Å². The highest BCUT2D eigenvalue weighted by molar-refractivity contribution is 5.76. The third kappa shape index (κ3) is 30.6. The summed E-state index contributed by atoms with van der Waals surface area (Å²) in [6.45, 7) is 3.71. The van der Waals surface area contributed by atoms with Gasteiger partial charge < -0.3 is 40.3 Å². The van der Waals surface area contributed by atoms with Crippen LogP contribution in [0.4, 0.5) is 0 Å². The van der Waals surface area contributed by atoms with Gasteiger partial charge in [0.15, 0.2) is 6.29 Å². The molecule has 0 aliphatic carbocycles. The van der Waals surface area contributed by atoms with Gasteiger partial charge in [-0.15, -0.1) is 0 Å². The summed E-state index contributed by atoms with van der Waals surface area (Å²) in [6, 6.07) is -0.830. The monoisotopic (exact) mass is 832 g/mol. The lowest BCUT2D eigenvalue weighted by Crippen LogP contribution is -2.60. The van der Waals surface area contributed by atoms with E-state index in [2.05, 4.69) is 67.8 Å². The van der Waals surface area contributed by atoms with Crippen LogP contribution in [0, 0.1) is 0 Å². The molecule has 0 aromatic carbocycles. The Bertz CT molecular complexity index is 1100. The molecule has 1 rings (SSSR count). The van der Waals surface area contributed by atoms with Crippen LogP contribution in [0.5, 0.6) is 0 Å². The van der Waals surface area contributed by atoms with Crippen molar-refractivity contribution in [2.45, 2.75) is 236 Å². The minimum atomic E-state index is -1.58. The van der Waals surface area contributed by atoms with Crippen LogP contribution in [0.2, 0.25) is 0 Å². The van der Waals surface area contributed by atoms with Gasteiger partial charge in [0.2, 0.25) is 5.91 Å². The van der Waals surface area contributed by atoms with E-state index in [4.69, 9.17) is 9.47 Å². The van der Waals surface area contributed by atoms with Gasteiger partial charge in [-0.25, -0.2) is 0 Å². The van der Waals surface area contributed by atoms with Gasteiger partial charge in [0.1, 0.15) is 24.4 Å². The molecule has 1 aliphatic rings. The zero-order chi connectivity index (χ0) is 43.0. The first-order valence-corrected chi connectivity index (χ1v) is 24.0. The largest absolute Gasteiger partial charge is 0.394 e. The summed E-state index contributed by atoms with van der Waals surface area (Å²) >= 11 is 0. The average Bonchev–Trinajstić information content (AvgIpc) is 3.23. The lowest BCUT2D eigenvalue weighted by Gasteiger charge is -2.40. The molecule has 1 amide bonds. The zero-order valence-corrected chi connectivity index (χ0v) is 37.5. The highest BCUT2D eigenvalue weighted by atomic mass is 16.7. The molecule has 0 aromatic heterocycles. The average molecular weight is 832 g/mol. The van der Waals surface area contributed by atoms with Gasteiger partial charge in [-0.2, -0.15) is 0 Å². The second kappa shape index (κ2) is 40.0. The molecule has 59 heavy (non-hydrogen) atoms. The third-order valence-corrected chi connectivity index (χ3v) is 11.1. The van der Waals surface area contributed by atoms with Crippen molar-refractivity contribution in [1.82, 2.24) is 5.32 Å². The predicted molar refractivity (Wildman–Crippen MR) is 244 cm³/mol. The summed E-state index contributed by atoms with van der Waals surface area (Å²) in [5.41, 5.74) is 0. The van der Waals surface area contributed by atoms with Crippen LogP contribution < -0.4 is 5.32 Å². The molecule has 1 heterocycles. The Kier molecular flexibility index (Phi) is 37.2. The fourth-order valence-electron chi connectivity index (χ4n) is 7.18. The number of carbonyl (C=O) groups excluding carboxylic acids is 1. The van der Waals surface area contributed by atoms with Crippen molar-refractivity contribution in [3.8, 4) is 0 Å². The summed E-state index contributed by atoms with van der Waals surface area (Å²) in [6.07, 6.45) is 45.4. The molecule has 9 heteroatoms. The first-order chi connectivity index (χ1) is 28.8. The Labute approximate surface area is 360 Å². The molecular formula is C50H89NO8. The number of amides is 1. The molecule has 6 N–H and O–H groups in total. The first-order valence-electron chi connectivity index (χ1n) is 24.0. The molecule has 7 atom stereocenters. The van der Waals surface area contributed by atoms with E-state index in [1.807, 2.05) is 6.08 Å². The second-order valence-electron chi connectivity index (χ2n) is 16.5. The van der Waals surface area contributed by atoms with Crippen molar-refractivity contribution < 1.29 is 39.8 Å². The third-order valence-electron chi connectivity index (χ3n) is 11.1. The molecule has 1 fully saturated rings. The van der Waals surface area contributed by atoms with Gasteiger partial charge in [0.05, 0.1) is 25.4 Å². The molecule has 0 bridgehead atoms. The Morgan fingerprint density at radius 1 is 0.576 bits per heavy atom. The maximum absolute atomic E-state index is 13.0. The fourth-order valence-corrected chi connectivity index (χ4v) is 7.18. The standard InChI is InChI=1S/C50H89NO8/c1-3-5-7-9-11-13-15-17-19-21-22-24-26-28-30-32-34-36-38-40-46(54)51-43(42-58-50-49(57)48(56)47(55)45(41-52)59-50)44(53)39-37-35-33-31-29-27-25-23-20-18-16-14-12-10-8-6-4-2/h11,13,17,19,22,24,29,31,37,39,43-45,47-50,52-53,55-57H,3-10,12,14-16,18,20-21,23,25-28,30,32-36,38,40-42H2,1-2H3,(H,51,54)/b13-11-,19-17-,24-22-,31-29+,39-37+. The lowest BCUT2D eigenvalue weighted by atomic mass is 9.99. The Balaban J connectivity index is 2.38. The smallest absolute Gasteiger partial charge is 0.220 e. The summed E-state index contributed by atoms with van der Waals surface area (Å²) in [5.74, 6) is -0.202. The van der Waals surface area contributed by atoms with Gasteiger partial charge in [-0.3, -0.25) is 4.79 Å². The van der Waals surface area contributed by atoms with E-state index in [-0.39, 0.29) is 12.5 Å². The van der Waals surface area contributed by atoms with Gasteiger partial charge in [-0.05, 0) is 70.6 Å². The van der Waals surface area contributed by atoms with E-state index >= 15 is 0 Å². The number of hydrogen-bond donors (Lipinski definition) is 6. The summed E-state index contributed by atoms with van der Waals surface area (Å²) in [5, 5.41) is 54.2. The topological polar surface area (TPSA) is 149 Å². The fraction of sp³-hybridized carbons (Fsp3) is 0.780. The number of ether oxygens (including phenoxy) is 2. The molecule has 7 unspecified atom stereocenters. The maximum atomic E-state index is 13.0. The van der Waals surface area contributed by atoms with Crippen LogP contribution in [-0.2, 0) is 14.3 Å². The van der Waals surface area contributed by atoms with E-state index in [0.29, 0.717) is 6.42 Å². The number of nitrogens with one attached hydrogen (secondary N) is 1. The number of aliphatic hydroxyl groups excluding tert-OH is 5. The Morgan fingerprint density at radius 2 is 1.02 bits per heavy atom. The van der Waals surface area contributed by atoms with Crippen molar-refractivity contribution in [2.75, 3.05) is 13.2 Å². The lowest BCUT2D eigenvalue weighted by molar-refractivity contribution is -0.302. The number of rotatable bonds is 39. The van der Waals surface area contributed by atoms with Crippen molar-refractivity contribution in [1.29, 1.82) is 0 Å². The van der Waals surface area contributed by atoms with Crippen LogP contribution in [0.25, 0.3) is 0 Å². The first kappa shape index (κ1) is 54.9. The minimum absolute atomic E-state index is 0.202. The quantitative estimate of drug-likeness (QED) is 0.0265. The Morgan fingerprint density at radius 3 is 1.58 bits per heavy atom. The van der Waals surface area contributed by atoms with Crippen molar-refractivity contribution >= 4 is 5.91 Å². The van der Waals surface area contributed by atoms with Crippen molar-refractivity contribution in [2.24, 2.45) is 0 Å². The van der Waals surface area contributed by atoms with Crippen molar-refractivity contribution in [3.63, 3.8) is 0 Å². The summed E-state index contributed by atoms with van der Waals surface area (Å²) < 4.78 is 11.2. The maximum Gasteiger partial charge on any atom is 0.220 e. The van der Waals surface area contributed by atoms with Gasteiger partial charge in [0, 0.05) is 6.42 Å². The van der Waals surface area contributed by atoms with E-state index in [9.17, 15) is 30.3 Å². The van der Waals surface area contributed by atoms with E-state index < -0.39 is 49.5 Å². The molecule has 342 valence electrons. The molecule has 0 aromatic rings. The van der Waals surface area contributed by atoms with Crippen LogP contribution >= 0.6 is 0 Å². The van der Waals surface area contributed by atoms with Gasteiger partial charge >= 0.3 is 0 Å². The second-order valence-corrected chi connectivity index (χ2v) is 16.5. The highest BCUT2D eigenvalue weighted by Crippen LogP contribution is 2.22. The number of unbranched alkanes of at least 4 members (excludes halogenated alkanes) is 21.